The van der Waals surface area contributed by atoms with E-state index in [9.17, 15) is 14.0 Å². The van der Waals surface area contributed by atoms with Gasteiger partial charge in [-0.1, -0.05) is 13.8 Å². The van der Waals surface area contributed by atoms with Crippen LogP contribution in [0.3, 0.4) is 0 Å². The summed E-state index contributed by atoms with van der Waals surface area (Å²) in [5.41, 5.74) is 7.61. The Hall–Kier alpha value is -1.91. The fourth-order valence-electron chi connectivity index (χ4n) is 2.89. The number of Topliss-reactive ketones (excluding diaryl/α,β-unsaturated/α-hetero) is 1. The summed E-state index contributed by atoms with van der Waals surface area (Å²) in [4.78, 5) is 23.6. The molecular formula is C15H19FN2O2. The number of nitrogens with two attached hydrogens (primary N) is 1. The summed E-state index contributed by atoms with van der Waals surface area (Å²) in [6.45, 7) is 5.15. The van der Waals surface area contributed by atoms with E-state index in [1.54, 1.807) is 0 Å². The number of anilines is 1. The summed E-state index contributed by atoms with van der Waals surface area (Å²) in [5, 5.41) is 2.63. The zero-order chi connectivity index (χ0) is 15.0. The molecule has 0 heterocycles. The number of ketones is 1. The number of hydrogen-bond donors (Lipinski definition) is 2. The molecule has 0 spiro atoms. The first-order valence-electron chi connectivity index (χ1n) is 6.75. The summed E-state index contributed by atoms with van der Waals surface area (Å²) < 4.78 is 14.1. The molecule has 2 rings (SSSR count). The minimum atomic E-state index is -0.562. The highest BCUT2D eigenvalue weighted by Crippen LogP contribution is 2.34. The predicted molar refractivity (Wildman–Crippen MR) is 75.2 cm³/mol. The minimum Gasteiger partial charge on any atom is -0.398 e. The van der Waals surface area contributed by atoms with Gasteiger partial charge in [-0.3, -0.25) is 9.59 Å². The Bertz CT molecular complexity index is 582. The van der Waals surface area contributed by atoms with Crippen molar-refractivity contribution in [3.05, 3.63) is 28.6 Å². The van der Waals surface area contributed by atoms with Crippen LogP contribution in [0.1, 0.15) is 54.6 Å². The third-order valence-electron chi connectivity index (χ3n) is 3.66. The molecule has 1 aromatic rings. The Morgan fingerprint density at radius 3 is 2.70 bits per heavy atom. The van der Waals surface area contributed by atoms with E-state index in [1.165, 1.54) is 13.0 Å². The molecule has 1 amide bonds. The number of carbonyl (C=O) groups is 2. The van der Waals surface area contributed by atoms with Crippen molar-refractivity contribution in [2.45, 2.75) is 45.6 Å². The first kappa shape index (κ1) is 14.5. The van der Waals surface area contributed by atoms with Crippen molar-refractivity contribution < 1.29 is 14.0 Å². The van der Waals surface area contributed by atoms with Gasteiger partial charge in [0.05, 0.1) is 6.04 Å². The normalized spacial score (nSPS) is 18.1. The van der Waals surface area contributed by atoms with Crippen LogP contribution in [0.4, 0.5) is 10.1 Å². The molecule has 1 aliphatic carbocycles. The SMILES string of the molecule is CC(=O)NC1CCc2c(c(N)cc(F)c2C(C)C)C1=O. The molecule has 1 aromatic carbocycles. The Balaban J connectivity index is 2.53. The largest absolute Gasteiger partial charge is 0.398 e. The van der Waals surface area contributed by atoms with E-state index in [2.05, 4.69) is 5.32 Å². The maximum atomic E-state index is 14.1. The fraction of sp³-hybridized carbons (Fsp3) is 0.467. The first-order valence-corrected chi connectivity index (χ1v) is 6.75. The van der Waals surface area contributed by atoms with Gasteiger partial charge >= 0.3 is 0 Å². The van der Waals surface area contributed by atoms with Crippen LogP contribution in [0.25, 0.3) is 0 Å². The maximum absolute atomic E-state index is 14.1. The van der Waals surface area contributed by atoms with Crippen molar-refractivity contribution in [2.24, 2.45) is 0 Å². The maximum Gasteiger partial charge on any atom is 0.217 e. The number of rotatable bonds is 2. The average molecular weight is 278 g/mol. The van der Waals surface area contributed by atoms with Crippen molar-refractivity contribution in [3.63, 3.8) is 0 Å². The molecule has 108 valence electrons. The summed E-state index contributed by atoms with van der Waals surface area (Å²) >= 11 is 0. The Kier molecular flexibility index (Phi) is 3.79. The highest BCUT2D eigenvalue weighted by molar-refractivity contribution is 6.08. The van der Waals surface area contributed by atoms with E-state index < -0.39 is 6.04 Å². The van der Waals surface area contributed by atoms with E-state index in [4.69, 9.17) is 5.73 Å². The van der Waals surface area contributed by atoms with Gasteiger partial charge in [-0.15, -0.1) is 0 Å². The van der Waals surface area contributed by atoms with Crippen LogP contribution < -0.4 is 11.1 Å². The van der Waals surface area contributed by atoms with Crippen LogP contribution in [-0.4, -0.2) is 17.7 Å². The van der Waals surface area contributed by atoms with E-state index in [-0.39, 0.29) is 29.1 Å². The van der Waals surface area contributed by atoms with Gasteiger partial charge in [0.15, 0.2) is 5.78 Å². The predicted octanol–water partition coefficient (Wildman–Crippen LogP) is 2.16. The molecule has 1 atom stereocenters. The topological polar surface area (TPSA) is 72.2 Å². The second kappa shape index (κ2) is 5.23. The molecule has 0 fully saturated rings. The number of halogens is 1. The van der Waals surface area contributed by atoms with Crippen LogP contribution in [-0.2, 0) is 11.2 Å². The van der Waals surface area contributed by atoms with Crippen LogP contribution in [0.2, 0.25) is 0 Å². The summed E-state index contributed by atoms with van der Waals surface area (Å²) in [6.07, 6.45) is 1.02. The van der Waals surface area contributed by atoms with E-state index >= 15 is 0 Å². The lowest BCUT2D eigenvalue weighted by atomic mass is 9.80. The number of nitrogen functional groups attached to an aromatic ring is 1. The number of carbonyl (C=O) groups excluding carboxylic acids is 2. The summed E-state index contributed by atoms with van der Waals surface area (Å²) in [7, 11) is 0. The molecule has 20 heavy (non-hydrogen) atoms. The molecule has 1 unspecified atom stereocenters. The lowest BCUT2D eigenvalue weighted by molar-refractivity contribution is -0.119. The van der Waals surface area contributed by atoms with Crippen molar-refractivity contribution in [1.29, 1.82) is 0 Å². The number of nitrogens with one attached hydrogen (secondary N) is 1. The van der Waals surface area contributed by atoms with Crippen LogP contribution >= 0.6 is 0 Å². The number of benzene rings is 1. The Labute approximate surface area is 117 Å². The van der Waals surface area contributed by atoms with Crippen LogP contribution in [0, 0.1) is 5.82 Å². The molecule has 5 heteroatoms. The van der Waals surface area contributed by atoms with Gasteiger partial charge in [-0.05, 0) is 36.0 Å². The summed E-state index contributed by atoms with van der Waals surface area (Å²) in [6, 6.07) is 0.648. The number of hydrogen-bond acceptors (Lipinski definition) is 3. The molecule has 0 aromatic heterocycles. The van der Waals surface area contributed by atoms with Crippen molar-refractivity contribution >= 4 is 17.4 Å². The van der Waals surface area contributed by atoms with Gasteiger partial charge in [0.1, 0.15) is 5.82 Å². The van der Waals surface area contributed by atoms with Gasteiger partial charge in [0.25, 0.3) is 0 Å². The third-order valence-corrected chi connectivity index (χ3v) is 3.66. The lowest BCUT2D eigenvalue weighted by Gasteiger charge is -2.28. The fourth-order valence-corrected chi connectivity index (χ4v) is 2.89. The number of fused-ring (bicyclic) bond motifs is 1. The lowest BCUT2D eigenvalue weighted by Crippen LogP contribution is -2.43. The third kappa shape index (κ3) is 2.40. The standard InChI is InChI=1S/C15H19FN2O2/c1-7(2)13-9-4-5-12(18-8(3)19)15(20)14(9)11(17)6-10(13)16/h6-7,12H,4-5,17H2,1-3H3,(H,18,19). The van der Waals surface area contributed by atoms with E-state index in [1.807, 2.05) is 13.8 Å². The smallest absolute Gasteiger partial charge is 0.217 e. The zero-order valence-electron chi connectivity index (χ0n) is 11.9. The zero-order valence-corrected chi connectivity index (χ0v) is 11.9. The van der Waals surface area contributed by atoms with Gasteiger partial charge in [0, 0.05) is 18.2 Å². The van der Waals surface area contributed by atoms with Gasteiger partial charge < -0.3 is 11.1 Å². The molecule has 0 saturated heterocycles. The Morgan fingerprint density at radius 1 is 1.50 bits per heavy atom. The molecule has 0 radical (unpaired) electrons. The quantitative estimate of drug-likeness (QED) is 0.814. The first-order chi connectivity index (χ1) is 9.32. The highest BCUT2D eigenvalue weighted by Gasteiger charge is 2.33. The van der Waals surface area contributed by atoms with Crippen molar-refractivity contribution in [3.8, 4) is 0 Å². The van der Waals surface area contributed by atoms with Gasteiger partial charge in [-0.25, -0.2) is 4.39 Å². The molecular weight excluding hydrogens is 259 g/mol. The van der Waals surface area contributed by atoms with Crippen LogP contribution in [0.15, 0.2) is 6.07 Å². The second-order valence-electron chi connectivity index (χ2n) is 5.53. The summed E-state index contributed by atoms with van der Waals surface area (Å²) in [5.74, 6) is -0.853. The molecule has 0 bridgehead atoms. The molecule has 1 aliphatic rings. The monoisotopic (exact) mass is 278 g/mol. The number of amides is 1. The van der Waals surface area contributed by atoms with Gasteiger partial charge in [-0.2, -0.15) is 0 Å². The molecule has 3 N–H and O–H groups in total. The second-order valence-corrected chi connectivity index (χ2v) is 5.53. The van der Waals surface area contributed by atoms with Gasteiger partial charge in [0.2, 0.25) is 5.91 Å². The minimum absolute atomic E-state index is 0.0190. The average Bonchev–Trinajstić information content (AvgIpc) is 2.31. The molecule has 0 saturated carbocycles. The van der Waals surface area contributed by atoms with Crippen LogP contribution in [0.5, 0.6) is 0 Å². The molecule has 0 aliphatic heterocycles. The van der Waals surface area contributed by atoms with Crippen molar-refractivity contribution in [1.82, 2.24) is 5.32 Å². The highest BCUT2D eigenvalue weighted by atomic mass is 19.1. The van der Waals surface area contributed by atoms with E-state index in [0.29, 0.717) is 29.5 Å². The Morgan fingerprint density at radius 2 is 2.15 bits per heavy atom. The van der Waals surface area contributed by atoms with E-state index in [0.717, 1.165) is 0 Å². The molecule has 4 nitrogen and oxygen atoms in total. The van der Waals surface area contributed by atoms with Crippen molar-refractivity contribution in [2.75, 3.05) is 5.73 Å².